The van der Waals surface area contributed by atoms with E-state index in [0.29, 0.717) is 31.2 Å². The van der Waals surface area contributed by atoms with Gasteiger partial charge in [-0.05, 0) is 51.4 Å². The normalized spacial score (nSPS) is 34.7. The van der Waals surface area contributed by atoms with Gasteiger partial charge in [0.15, 0.2) is 0 Å². The number of ether oxygens (including phenoxy) is 1. The molecular formula is C16H29NO3. The van der Waals surface area contributed by atoms with Gasteiger partial charge in [0, 0.05) is 18.7 Å². The Morgan fingerprint density at radius 3 is 2.50 bits per heavy atom. The highest BCUT2D eigenvalue weighted by Gasteiger charge is 2.31. The fourth-order valence-electron chi connectivity index (χ4n) is 3.70. The zero-order valence-electron chi connectivity index (χ0n) is 12.6. The molecule has 2 atom stereocenters. The molecule has 0 spiro atoms. The molecule has 20 heavy (non-hydrogen) atoms. The molecule has 0 aliphatic heterocycles. The average Bonchev–Trinajstić information content (AvgIpc) is 2.49. The minimum atomic E-state index is -0.0168. The molecule has 2 fully saturated rings. The van der Waals surface area contributed by atoms with E-state index in [2.05, 4.69) is 5.32 Å². The third kappa shape index (κ3) is 4.19. The van der Waals surface area contributed by atoms with Crippen molar-refractivity contribution in [2.75, 3.05) is 13.2 Å². The third-order valence-electron chi connectivity index (χ3n) is 4.94. The molecule has 2 saturated carbocycles. The topological polar surface area (TPSA) is 58.6 Å². The first-order chi connectivity index (χ1) is 9.74. The number of hydrogen-bond donors (Lipinski definition) is 2. The van der Waals surface area contributed by atoms with Crippen molar-refractivity contribution in [3.63, 3.8) is 0 Å². The van der Waals surface area contributed by atoms with Gasteiger partial charge in [0.25, 0.3) is 0 Å². The molecule has 0 radical (unpaired) electrons. The lowest BCUT2D eigenvalue weighted by molar-refractivity contribution is -0.149. The van der Waals surface area contributed by atoms with Gasteiger partial charge >= 0.3 is 5.97 Å². The van der Waals surface area contributed by atoms with E-state index < -0.39 is 0 Å². The van der Waals surface area contributed by atoms with Crippen molar-refractivity contribution in [3.8, 4) is 0 Å². The van der Waals surface area contributed by atoms with Crippen LogP contribution in [0.5, 0.6) is 0 Å². The summed E-state index contributed by atoms with van der Waals surface area (Å²) in [6, 6.07) is 0.982. The second-order valence-electron chi connectivity index (χ2n) is 6.30. The summed E-state index contributed by atoms with van der Waals surface area (Å²) < 4.78 is 5.11. The summed E-state index contributed by atoms with van der Waals surface area (Å²) in [4.78, 5) is 11.7. The fraction of sp³-hybridized carbons (Fsp3) is 0.938. The van der Waals surface area contributed by atoms with Crippen LogP contribution in [0.1, 0.15) is 58.3 Å². The van der Waals surface area contributed by atoms with Crippen LogP contribution in [0.4, 0.5) is 0 Å². The maximum Gasteiger partial charge on any atom is 0.308 e. The zero-order chi connectivity index (χ0) is 14.4. The van der Waals surface area contributed by atoms with Crippen LogP contribution in [-0.4, -0.2) is 36.4 Å². The Morgan fingerprint density at radius 1 is 1.15 bits per heavy atom. The van der Waals surface area contributed by atoms with Crippen LogP contribution in [0.25, 0.3) is 0 Å². The van der Waals surface area contributed by atoms with Gasteiger partial charge in [-0.3, -0.25) is 4.79 Å². The number of rotatable bonds is 5. The monoisotopic (exact) mass is 283 g/mol. The molecule has 0 aromatic heterocycles. The van der Waals surface area contributed by atoms with E-state index >= 15 is 0 Å². The number of carbonyl (C=O) groups excluding carboxylic acids is 1. The molecule has 2 rings (SSSR count). The first-order valence-electron chi connectivity index (χ1n) is 8.28. The van der Waals surface area contributed by atoms with E-state index in [4.69, 9.17) is 4.74 Å². The molecule has 2 aliphatic carbocycles. The lowest BCUT2D eigenvalue weighted by atomic mass is 9.82. The summed E-state index contributed by atoms with van der Waals surface area (Å²) in [5, 5.41) is 13.2. The Labute approximate surface area is 122 Å². The molecule has 0 saturated heterocycles. The van der Waals surface area contributed by atoms with Crippen molar-refractivity contribution >= 4 is 5.97 Å². The van der Waals surface area contributed by atoms with Gasteiger partial charge in [-0.15, -0.1) is 0 Å². The summed E-state index contributed by atoms with van der Waals surface area (Å²) in [5.41, 5.74) is 0. The Hall–Kier alpha value is -0.610. The molecule has 0 bridgehead atoms. The van der Waals surface area contributed by atoms with Gasteiger partial charge in [-0.2, -0.15) is 0 Å². The number of carbonyl (C=O) groups is 1. The van der Waals surface area contributed by atoms with Crippen molar-refractivity contribution in [2.24, 2.45) is 11.8 Å². The predicted octanol–water partition coefficient (Wildman–Crippen LogP) is 2.25. The molecule has 2 N–H and O–H groups in total. The third-order valence-corrected chi connectivity index (χ3v) is 4.94. The van der Waals surface area contributed by atoms with E-state index in [-0.39, 0.29) is 11.9 Å². The van der Waals surface area contributed by atoms with E-state index in [0.717, 1.165) is 32.1 Å². The molecule has 0 aromatic rings. The quantitative estimate of drug-likeness (QED) is 0.760. The molecular weight excluding hydrogens is 254 g/mol. The maximum atomic E-state index is 11.7. The maximum absolute atomic E-state index is 11.7. The van der Waals surface area contributed by atoms with Crippen LogP contribution in [0.2, 0.25) is 0 Å². The lowest BCUT2D eigenvalue weighted by Gasteiger charge is -2.36. The largest absolute Gasteiger partial charge is 0.466 e. The van der Waals surface area contributed by atoms with Crippen LogP contribution in [0.15, 0.2) is 0 Å². The second-order valence-corrected chi connectivity index (χ2v) is 6.30. The van der Waals surface area contributed by atoms with Gasteiger partial charge in [-0.1, -0.05) is 12.8 Å². The Balaban J connectivity index is 1.74. The highest BCUT2D eigenvalue weighted by molar-refractivity contribution is 5.72. The van der Waals surface area contributed by atoms with E-state index in [1.807, 2.05) is 6.92 Å². The number of aliphatic hydroxyl groups is 1. The van der Waals surface area contributed by atoms with Crippen LogP contribution < -0.4 is 5.32 Å². The molecule has 2 unspecified atom stereocenters. The summed E-state index contributed by atoms with van der Waals surface area (Å²) >= 11 is 0. The van der Waals surface area contributed by atoms with Gasteiger partial charge in [0.2, 0.25) is 0 Å². The molecule has 4 nitrogen and oxygen atoms in total. The summed E-state index contributed by atoms with van der Waals surface area (Å²) in [6.45, 7) is 2.65. The predicted molar refractivity (Wildman–Crippen MR) is 78.3 cm³/mol. The van der Waals surface area contributed by atoms with Gasteiger partial charge in [-0.25, -0.2) is 0 Å². The fourth-order valence-corrected chi connectivity index (χ4v) is 3.70. The van der Waals surface area contributed by atoms with Gasteiger partial charge in [0.1, 0.15) is 0 Å². The minimum Gasteiger partial charge on any atom is -0.466 e. The highest BCUT2D eigenvalue weighted by atomic mass is 16.5. The molecule has 0 heterocycles. The number of hydrogen-bond acceptors (Lipinski definition) is 4. The van der Waals surface area contributed by atoms with Crippen LogP contribution in [0.3, 0.4) is 0 Å². The van der Waals surface area contributed by atoms with Crippen molar-refractivity contribution in [1.82, 2.24) is 5.32 Å². The minimum absolute atomic E-state index is 0.0168. The van der Waals surface area contributed by atoms with Crippen molar-refractivity contribution in [3.05, 3.63) is 0 Å². The second kappa shape index (κ2) is 7.99. The SMILES string of the molecule is CCOC(=O)C1CCC(NC2CCCCC2CO)CC1. The summed E-state index contributed by atoms with van der Waals surface area (Å²) in [5.74, 6) is 0.511. The average molecular weight is 283 g/mol. The first kappa shape index (κ1) is 15.8. The van der Waals surface area contributed by atoms with E-state index in [1.54, 1.807) is 0 Å². The van der Waals surface area contributed by atoms with Crippen molar-refractivity contribution in [2.45, 2.75) is 70.4 Å². The van der Waals surface area contributed by atoms with Gasteiger partial charge in [0.05, 0.1) is 12.5 Å². The molecule has 2 aliphatic rings. The Kier molecular flexibility index (Phi) is 6.30. The molecule has 0 aromatic carbocycles. The van der Waals surface area contributed by atoms with Crippen molar-refractivity contribution in [1.29, 1.82) is 0 Å². The number of aliphatic hydroxyl groups excluding tert-OH is 1. The summed E-state index contributed by atoms with van der Waals surface area (Å²) in [6.07, 6.45) is 8.83. The first-order valence-corrected chi connectivity index (χ1v) is 8.28. The Morgan fingerprint density at radius 2 is 1.85 bits per heavy atom. The van der Waals surface area contributed by atoms with Crippen LogP contribution >= 0.6 is 0 Å². The van der Waals surface area contributed by atoms with Crippen LogP contribution in [-0.2, 0) is 9.53 Å². The molecule has 4 heteroatoms. The number of nitrogens with one attached hydrogen (secondary N) is 1. The highest BCUT2D eigenvalue weighted by Crippen LogP contribution is 2.29. The van der Waals surface area contributed by atoms with Crippen molar-refractivity contribution < 1.29 is 14.6 Å². The lowest BCUT2D eigenvalue weighted by Crippen LogP contribution is -2.47. The van der Waals surface area contributed by atoms with Crippen LogP contribution in [0, 0.1) is 11.8 Å². The number of esters is 1. The van der Waals surface area contributed by atoms with E-state index in [9.17, 15) is 9.90 Å². The molecule has 116 valence electrons. The zero-order valence-corrected chi connectivity index (χ0v) is 12.6. The van der Waals surface area contributed by atoms with Gasteiger partial charge < -0.3 is 15.2 Å². The summed E-state index contributed by atoms with van der Waals surface area (Å²) in [7, 11) is 0. The Bertz CT molecular complexity index is 300. The smallest absolute Gasteiger partial charge is 0.308 e. The standard InChI is InChI=1S/C16H29NO3/c1-2-20-16(19)12-7-9-14(10-8-12)17-15-6-4-3-5-13(15)11-18/h12-15,17-18H,2-11H2,1H3. The van der Waals surface area contributed by atoms with E-state index in [1.165, 1.54) is 19.3 Å². The molecule has 0 amide bonds.